The summed E-state index contributed by atoms with van der Waals surface area (Å²) in [5.74, 6) is -0.0699. The third-order valence-electron chi connectivity index (χ3n) is 5.95. The highest BCUT2D eigenvalue weighted by Gasteiger charge is 2.19. The van der Waals surface area contributed by atoms with E-state index in [2.05, 4.69) is 34.5 Å². The van der Waals surface area contributed by atoms with Gasteiger partial charge in [0.2, 0.25) is 15.9 Å². The molecule has 0 radical (unpaired) electrons. The van der Waals surface area contributed by atoms with Gasteiger partial charge in [-0.1, -0.05) is 24.3 Å². The number of carbonyl (C=O) groups excluding carboxylic acids is 1. The van der Waals surface area contributed by atoms with Crippen LogP contribution in [0.5, 0.6) is 0 Å². The number of carbonyl (C=O) groups is 1. The number of sulfonamides is 1. The van der Waals surface area contributed by atoms with Crippen molar-refractivity contribution in [2.24, 2.45) is 0 Å². The number of rotatable bonds is 9. The van der Waals surface area contributed by atoms with E-state index in [1.165, 1.54) is 35.5 Å². The molecule has 1 aliphatic heterocycles. The van der Waals surface area contributed by atoms with Gasteiger partial charge in [0.25, 0.3) is 0 Å². The van der Waals surface area contributed by atoms with Crippen molar-refractivity contribution in [3.8, 4) is 0 Å². The number of anilines is 2. The highest BCUT2D eigenvalue weighted by molar-refractivity contribution is 7.92. The molecule has 174 valence electrons. The summed E-state index contributed by atoms with van der Waals surface area (Å²) in [6, 6.07) is 14.1. The molecule has 1 amide bonds. The Morgan fingerprint density at radius 2 is 1.72 bits per heavy atom. The van der Waals surface area contributed by atoms with Gasteiger partial charge in [0.05, 0.1) is 11.9 Å². The third kappa shape index (κ3) is 6.73. The molecule has 6 nitrogen and oxygen atoms in total. The molecule has 3 rings (SSSR count). The van der Waals surface area contributed by atoms with E-state index in [0.717, 1.165) is 29.8 Å². The van der Waals surface area contributed by atoms with Crippen LogP contribution in [-0.4, -0.2) is 40.2 Å². The molecule has 0 spiro atoms. The van der Waals surface area contributed by atoms with Crippen molar-refractivity contribution >= 4 is 27.3 Å². The second-order valence-electron chi connectivity index (χ2n) is 8.72. The maximum atomic E-state index is 12.3. The van der Waals surface area contributed by atoms with Crippen molar-refractivity contribution in [2.75, 3.05) is 35.1 Å². The quantitative estimate of drug-likeness (QED) is 0.614. The maximum absolute atomic E-state index is 12.3. The average Bonchev–Trinajstić information content (AvgIpc) is 2.77. The van der Waals surface area contributed by atoms with E-state index < -0.39 is 10.0 Å². The molecule has 32 heavy (non-hydrogen) atoms. The molecule has 1 saturated heterocycles. The zero-order chi connectivity index (χ0) is 23.1. The van der Waals surface area contributed by atoms with Crippen LogP contribution in [0, 0.1) is 13.8 Å². The molecule has 0 saturated carbocycles. The van der Waals surface area contributed by atoms with Crippen LogP contribution in [-0.2, 0) is 21.4 Å². The standard InChI is InChI=1S/C25H35N3O3S/c1-20-9-10-21(2)24(18-20)28(32(3,30)31)17-7-8-25(29)26-19-22-11-13-23(14-12-22)27-15-5-4-6-16-27/h9-14,18H,4-8,15-17,19H2,1-3H3,(H,26,29). The molecule has 1 aliphatic rings. The summed E-state index contributed by atoms with van der Waals surface area (Å²) in [7, 11) is -3.43. The Hall–Kier alpha value is -2.54. The van der Waals surface area contributed by atoms with E-state index in [9.17, 15) is 13.2 Å². The lowest BCUT2D eigenvalue weighted by molar-refractivity contribution is -0.121. The van der Waals surface area contributed by atoms with E-state index in [1.54, 1.807) is 0 Å². The van der Waals surface area contributed by atoms with Gasteiger partial charge in [0.15, 0.2) is 0 Å². The van der Waals surface area contributed by atoms with Gasteiger partial charge in [0.1, 0.15) is 0 Å². The summed E-state index contributed by atoms with van der Waals surface area (Å²) in [5, 5.41) is 2.95. The SMILES string of the molecule is Cc1ccc(C)c(N(CCCC(=O)NCc2ccc(N3CCCCC3)cc2)S(C)(=O)=O)c1. The summed E-state index contributed by atoms with van der Waals surface area (Å²) in [5.41, 5.74) is 4.89. The van der Waals surface area contributed by atoms with Gasteiger partial charge in [-0.2, -0.15) is 0 Å². The molecule has 0 atom stereocenters. The number of hydrogen-bond acceptors (Lipinski definition) is 4. The van der Waals surface area contributed by atoms with Gasteiger partial charge in [0, 0.05) is 38.3 Å². The minimum Gasteiger partial charge on any atom is -0.372 e. The first-order valence-electron chi connectivity index (χ1n) is 11.4. The molecule has 1 N–H and O–H groups in total. The van der Waals surface area contributed by atoms with Crippen molar-refractivity contribution in [1.29, 1.82) is 0 Å². The van der Waals surface area contributed by atoms with Gasteiger partial charge in [-0.3, -0.25) is 9.10 Å². The average molecular weight is 458 g/mol. The number of aryl methyl sites for hydroxylation is 2. The summed E-state index contributed by atoms with van der Waals surface area (Å²) in [4.78, 5) is 14.7. The maximum Gasteiger partial charge on any atom is 0.232 e. The third-order valence-corrected chi connectivity index (χ3v) is 7.13. The van der Waals surface area contributed by atoms with Crippen molar-refractivity contribution in [2.45, 2.75) is 52.5 Å². The summed E-state index contributed by atoms with van der Waals surface area (Å²) < 4.78 is 26.1. The zero-order valence-corrected chi connectivity index (χ0v) is 20.2. The fraction of sp³-hybridized carbons (Fsp3) is 0.480. The molecule has 0 aliphatic carbocycles. The van der Waals surface area contributed by atoms with E-state index in [1.807, 2.05) is 32.0 Å². The Balaban J connectivity index is 1.49. The second-order valence-corrected chi connectivity index (χ2v) is 10.6. The van der Waals surface area contributed by atoms with Crippen LogP contribution in [0.4, 0.5) is 11.4 Å². The van der Waals surface area contributed by atoms with Gasteiger partial charge in [-0.25, -0.2) is 8.42 Å². The molecule has 7 heteroatoms. The normalized spacial score (nSPS) is 14.3. The molecular weight excluding hydrogens is 422 g/mol. The van der Waals surface area contributed by atoms with E-state index in [-0.39, 0.29) is 18.9 Å². The summed E-state index contributed by atoms with van der Waals surface area (Å²) in [6.45, 7) is 6.82. The number of benzene rings is 2. The van der Waals surface area contributed by atoms with Crippen molar-refractivity contribution in [3.05, 3.63) is 59.2 Å². The summed E-state index contributed by atoms with van der Waals surface area (Å²) in [6.07, 6.45) is 5.76. The van der Waals surface area contributed by atoms with Crippen LogP contribution >= 0.6 is 0 Å². The lowest BCUT2D eigenvalue weighted by atomic mass is 10.1. The molecule has 2 aromatic rings. The monoisotopic (exact) mass is 457 g/mol. The fourth-order valence-corrected chi connectivity index (χ4v) is 5.12. The first-order valence-corrected chi connectivity index (χ1v) is 13.2. The topological polar surface area (TPSA) is 69.7 Å². The number of piperidine rings is 1. The van der Waals surface area contributed by atoms with Gasteiger partial charge >= 0.3 is 0 Å². The second kappa shape index (κ2) is 10.9. The number of nitrogens with one attached hydrogen (secondary N) is 1. The van der Waals surface area contributed by atoms with Crippen LogP contribution in [0.1, 0.15) is 48.8 Å². The van der Waals surface area contributed by atoms with E-state index >= 15 is 0 Å². The Bertz CT molecular complexity index is 1010. The first kappa shape index (κ1) is 24.1. The van der Waals surface area contributed by atoms with Crippen LogP contribution in [0.15, 0.2) is 42.5 Å². The van der Waals surface area contributed by atoms with Gasteiger partial charge in [-0.05, 0) is 74.4 Å². The van der Waals surface area contributed by atoms with Crippen molar-refractivity contribution in [3.63, 3.8) is 0 Å². The predicted molar refractivity (Wildman–Crippen MR) is 132 cm³/mol. The van der Waals surface area contributed by atoms with E-state index in [4.69, 9.17) is 0 Å². The van der Waals surface area contributed by atoms with Crippen LogP contribution in [0.2, 0.25) is 0 Å². The highest BCUT2D eigenvalue weighted by Crippen LogP contribution is 2.24. The highest BCUT2D eigenvalue weighted by atomic mass is 32.2. The summed E-state index contributed by atoms with van der Waals surface area (Å²) >= 11 is 0. The number of hydrogen-bond donors (Lipinski definition) is 1. The Kier molecular flexibility index (Phi) is 8.18. The molecule has 1 fully saturated rings. The van der Waals surface area contributed by atoms with Crippen LogP contribution < -0.4 is 14.5 Å². The Labute approximate surface area is 192 Å². The molecular formula is C25H35N3O3S. The number of amides is 1. The minimum absolute atomic E-state index is 0.0699. The minimum atomic E-state index is -3.43. The fourth-order valence-electron chi connectivity index (χ4n) is 4.10. The van der Waals surface area contributed by atoms with Crippen molar-refractivity contribution in [1.82, 2.24) is 5.32 Å². The van der Waals surface area contributed by atoms with Gasteiger partial charge in [-0.15, -0.1) is 0 Å². The largest absolute Gasteiger partial charge is 0.372 e. The first-order chi connectivity index (χ1) is 15.2. The smallest absolute Gasteiger partial charge is 0.232 e. The lowest BCUT2D eigenvalue weighted by Crippen LogP contribution is -2.32. The van der Waals surface area contributed by atoms with Crippen LogP contribution in [0.25, 0.3) is 0 Å². The van der Waals surface area contributed by atoms with E-state index in [0.29, 0.717) is 18.7 Å². The van der Waals surface area contributed by atoms with Crippen LogP contribution in [0.3, 0.4) is 0 Å². The molecule has 0 unspecified atom stereocenters. The zero-order valence-electron chi connectivity index (χ0n) is 19.4. The molecule has 1 heterocycles. The Morgan fingerprint density at radius 1 is 1.03 bits per heavy atom. The molecule has 0 bridgehead atoms. The Morgan fingerprint density at radius 3 is 2.38 bits per heavy atom. The lowest BCUT2D eigenvalue weighted by Gasteiger charge is -2.28. The molecule has 2 aromatic carbocycles. The van der Waals surface area contributed by atoms with Gasteiger partial charge < -0.3 is 10.2 Å². The molecule has 0 aromatic heterocycles. The number of nitrogens with zero attached hydrogens (tertiary/aromatic N) is 2. The van der Waals surface area contributed by atoms with Crippen molar-refractivity contribution < 1.29 is 13.2 Å². The predicted octanol–water partition coefficient (Wildman–Crippen LogP) is 4.16.